The Balaban J connectivity index is 2.26. The number of carboxylic acid groups (broad SMARTS) is 1. The maximum Gasteiger partial charge on any atom is 0.320 e. The summed E-state index contributed by atoms with van der Waals surface area (Å²) in [5.41, 5.74) is 1.56. The summed E-state index contributed by atoms with van der Waals surface area (Å²) in [6.07, 6.45) is 1.35. The summed E-state index contributed by atoms with van der Waals surface area (Å²) >= 11 is 6.32. The number of rotatable bonds is 8. The molecule has 2 aromatic carbocycles. The van der Waals surface area contributed by atoms with Crippen molar-refractivity contribution in [2.45, 2.75) is 24.9 Å². The Morgan fingerprint density at radius 2 is 1.67 bits per heavy atom. The first-order chi connectivity index (χ1) is 14.4. The molecule has 7 nitrogen and oxygen atoms in total. The number of carboxylic acids is 1. The zero-order valence-corrected chi connectivity index (χ0v) is 18.2. The van der Waals surface area contributed by atoms with E-state index in [2.05, 4.69) is 0 Å². The number of nitrogens with zero attached hydrogens (tertiary/aromatic N) is 1. The molecule has 0 bridgehead atoms. The van der Waals surface area contributed by atoms with Crippen LogP contribution in [0, 0.1) is 0 Å². The molecule has 2 aromatic rings. The normalized spacial score (nSPS) is 17.4. The predicted molar refractivity (Wildman–Crippen MR) is 113 cm³/mol. The molecule has 0 spiro atoms. The van der Waals surface area contributed by atoms with Crippen LogP contribution in [0.2, 0.25) is 5.02 Å². The second-order valence-corrected chi connectivity index (χ2v) is 7.42. The van der Waals surface area contributed by atoms with Crippen molar-refractivity contribution < 1.29 is 28.8 Å². The van der Waals surface area contributed by atoms with E-state index in [1.807, 2.05) is 23.1 Å². The van der Waals surface area contributed by atoms with Gasteiger partial charge < -0.3 is 24.1 Å². The van der Waals surface area contributed by atoms with E-state index >= 15 is 0 Å². The van der Waals surface area contributed by atoms with Crippen molar-refractivity contribution in [1.29, 1.82) is 0 Å². The van der Waals surface area contributed by atoms with Crippen LogP contribution in [0.4, 0.5) is 0 Å². The standard InChI is InChI=1S/C22H26ClNO6/c1-27-17-8-7-14(23)12-15(17)20(24-9-5-6-16(24)22(25)26)13-10-18(28-2)21(30-4)19(11-13)29-3/h7-8,10-12,16,20H,5-6,9H2,1-4H3,(H,25,26). The van der Waals surface area contributed by atoms with Crippen molar-refractivity contribution in [3.8, 4) is 23.0 Å². The van der Waals surface area contributed by atoms with Crippen LogP contribution in [-0.2, 0) is 4.79 Å². The number of methoxy groups -OCH3 is 4. The first-order valence-electron chi connectivity index (χ1n) is 9.57. The van der Waals surface area contributed by atoms with Gasteiger partial charge in [0, 0.05) is 17.1 Å². The molecule has 1 fully saturated rings. The summed E-state index contributed by atoms with van der Waals surface area (Å²) in [6, 6.07) is 7.95. The lowest BCUT2D eigenvalue weighted by Crippen LogP contribution is -2.39. The van der Waals surface area contributed by atoms with Crippen LogP contribution in [0.25, 0.3) is 0 Å². The topological polar surface area (TPSA) is 77.5 Å². The monoisotopic (exact) mass is 435 g/mol. The largest absolute Gasteiger partial charge is 0.496 e. The van der Waals surface area contributed by atoms with E-state index in [9.17, 15) is 9.90 Å². The number of aliphatic carboxylic acids is 1. The molecule has 1 aliphatic heterocycles. The highest BCUT2D eigenvalue weighted by molar-refractivity contribution is 6.30. The number of halogens is 1. The smallest absolute Gasteiger partial charge is 0.320 e. The average molecular weight is 436 g/mol. The molecule has 0 aliphatic carbocycles. The Morgan fingerprint density at radius 3 is 2.20 bits per heavy atom. The van der Waals surface area contributed by atoms with E-state index in [0.29, 0.717) is 41.0 Å². The molecule has 162 valence electrons. The van der Waals surface area contributed by atoms with Crippen molar-refractivity contribution in [2.75, 3.05) is 35.0 Å². The molecule has 0 aromatic heterocycles. The number of likely N-dealkylation sites (tertiary alicyclic amines) is 1. The molecule has 3 rings (SSSR count). The maximum absolute atomic E-state index is 12.0. The molecule has 0 radical (unpaired) electrons. The minimum atomic E-state index is -0.856. The Bertz CT molecular complexity index is 893. The second kappa shape index (κ2) is 9.45. The van der Waals surface area contributed by atoms with Crippen LogP contribution in [0.3, 0.4) is 0 Å². The van der Waals surface area contributed by atoms with Crippen molar-refractivity contribution in [3.63, 3.8) is 0 Å². The van der Waals surface area contributed by atoms with Crippen LogP contribution in [0.1, 0.15) is 30.0 Å². The van der Waals surface area contributed by atoms with E-state index in [0.717, 1.165) is 17.5 Å². The van der Waals surface area contributed by atoms with Crippen LogP contribution < -0.4 is 18.9 Å². The fraction of sp³-hybridized carbons (Fsp3) is 0.409. The molecule has 2 unspecified atom stereocenters. The number of benzene rings is 2. The molecule has 0 amide bonds. The lowest BCUT2D eigenvalue weighted by molar-refractivity contribution is -0.142. The predicted octanol–water partition coefficient (Wildman–Crippen LogP) is 4.01. The molecule has 1 saturated heterocycles. The van der Waals surface area contributed by atoms with Gasteiger partial charge in [0.05, 0.1) is 34.5 Å². The van der Waals surface area contributed by atoms with Crippen molar-refractivity contribution in [2.24, 2.45) is 0 Å². The molecule has 30 heavy (non-hydrogen) atoms. The van der Waals surface area contributed by atoms with Crippen molar-refractivity contribution >= 4 is 17.6 Å². The van der Waals surface area contributed by atoms with Crippen molar-refractivity contribution in [1.82, 2.24) is 4.90 Å². The van der Waals surface area contributed by atoms with Crippen molar-refractivity contribution in [3.05, 3.63) is 46.5 Å². The highest BCUT2D eigenvalue weighted by atomic mass is 35.5. The third kappa shape index (κ3) is 4.13. The number of carbonyl (C=O) groups is 1. The Labute approximate surface area is 181 Å². The number of ether oxygens (including phenoxy) is 4. The highest BCUT2D eigenvalue weighted by Crippen LogP contribution is 2.45. The molecule has 2 atom stereocenters. The molecule has 8 heteroatoms. The molecule has 1 heterocycles. The lowest BCUT2D eigenvalue weighted by atomic mass is 9.94. The molecule has 1 aliphatic rings. The van der Waals surface area contributed by atoms with Gasteiger partial charge in [0.15, 0.2) is 11.5 Å². The van der Waals surface area contributed by atoms with Gasteiger partial charge in [0.25, 0.3) is 0 Å². The summed E-state index contributed by atoms with van der Waals surface area (Å²) in [7, 11) is 6.22. The fourth-order valence-electron chi connectivity index (χ4n) is 4.09. The van der Waals surface area contributed by atoms with Crippen LogP contribution in [0.5, 0.6) is 23.0 Å². The SMILES string of the molecule is COc1ccc(Cl)cc1C(c1cc(OC)c(OC)c(OC)c1)N1CCCC1C(=O)O. The summed E-state index contributed by atoms with van der Waals surface area (Å²) in [6.45, 7) is 0.619. The van der Waals surface area contributed by atoms with Gasteiger partial charge in [-0.2, -0.15) is 0 Å². The van der Waals surface area contributed by atoms with Gasteiger partial charge in [-0.05, 0) is 48.7 Å². The molecule has 1 N–H and O–H groups in total. The molecular formula is C22H26ClNO6. The van der Waals surface area contributed by atoms with Crippen LogP contribution >= 0.6 is 11.6 Å². The minimum absolute atomic E-state index is 0.434. The van der Waals surface area contributed by atoms with Gasteiger partial charge in [-0.15, -0.1) is 0 Å². The van der Waals surface area contributed by atoms with Gasteiger partial charge in [-0.1, -0.05) is 11.6 Å². The van der Waals surface area contributed by atoms with Crippen LogP contribution in [-0.4, -0.2) is 57.0 Å². The van der Waals surface area contributed by atoms with Gasteiger partial charge >= 0.3 is 5.97 Å². The number of hydrogen-bond donors (Lipinski definition) is 1. The first kappa shape index (κ1) is 22.1. The highest BCUT2D eigenvalue weighted by Gasteiger charge is 2.38. The maximum atomic E-state index is 12.0. The zero-order valence-electron chi connectivity index (χ0n) is 17.5. The summed E-state index contributed by atoms with van der Waals surface area (Å²) in [4.78, 5) is 13.9. The Hall–Kier alpha value is -2.64. The third-order valence-corrected chi connectivity index (χ3v) is 5.64. The van der Waals surface area contributed by atoms with E-state index in [4.69, 9.17) is 30.5 Å². The van der Waals surface area contributed by atoms with E-state index < -0.39 is 18.1 Å². The second-order valence-electron chi connectivity index (χ2n) is 6.98. The Morgan fingerprint density at radius 1 is 1.03 bits per heavy atom. The van der Waals surface area contributed by atoms with Gasteiger partial charge in [-0.25, -0.2) is 0 Å². The van der Waals surface area contributed by atoms with Gasteiger partial charge in [0.1, 0.15) is 11.8 Å². The summed E-state index contributed by atoms with van der Waals surface area (Å²) < 4.78 is 22.1. The minimum Gasteiger partial charge on any atom is -0.496 e. The Kier molecular flexibility index (Phi) is 6.95. The third-order valence-electron chi connectivity index (χ3n) is 5.40. The summed E-state index contributed by atoms with van der Waals surface area (Å²) in [5, 5.41) is 10.4. The van der Waals surface area contributed by atoms with Gasteiger partial charge in [0.2, 0.25) is 5.75 Å². The molecule has 0 saturated carbocycles. The quantitative estimate of drug-likeness (QED) is 0.671. The number of hydrogen-bond acceptors (Lipinski definition) is 6. The van der Waals surface area contributed by atoms with Crippen LogP contribution in [0.15, 0.2) is 30.3 Å². The van der Waals surface area contributed by atoms with E-state index in [1.54, 1.807) is 40.6 Å². The fourth-order valence-corrected chi connectivity index (χ4v) is 4.27. The van der Waals surface area contributed by atoms with Gasteiger partial charge in [-0.3, -0.25) is 9.69 Å². The zero-order chi connectivity index (χ0) is 21.8. The summed E-state index contributed by atoms with van der Waals surface area (Å²) in [5.74, 6) is 1.21. The lowest BCUT2D eigenvalue weighted by Gasteiger charge is -2.33. The van der Waals surface area contributed by atoms with E-state index in [-0.39, 0.29) is 0 Å². The first-order valence-corrected chi connectivity index (χ1v) is 9.94. The van der Waals surface area contributed by atoms with E-state index in [1.165, 1.54) is 0 Å². The molecular weight excluding hydrogens is 410 g/mol. The average Bonchev–Trinajstić information content (AvgIpc) is 3.23.